The number of hydrogen-bond donors (Lipinski definition) is 2. The first kappa shape index (κ1) is 18.2. The summed E-state index contributed by atoms with van der Waals surface area (Å²) in [4.78, 5) is 25.3. The normalized spacial score (nSPS) is 17.0. The summed E-state index contributed by atoms with van der Waals surface area (Å²) < 4.78 is 0. The molecule has 2 aromatic carbocycles. The third-order valence-corrected chi connectivity index (χ3v) is 4.90. The van der Waals surface area contributed by atoms with E-state index in [1.807, 2.05) is 20.8 Å². The average Bonchev–Trinajstić information content (AvgIpc) is 2.53. The molecule has 5 heteroatoms. The summed E-state index contributed by atoms with van der Waals surface area (Å²) in [5.74, 6) is -0.129. The quantitative estimate of drug-likeness (QED) is 0.766. The molecular formula is C21H21ClN2O2. The van der Waals surface area contributed by atoms with Crippen molar-refractivity contribution in [2.75, 3.05) is 0 Å². The van der Waals surface area contributed by atoms with Gasteiger partial charge in [0.1, 0.15) is 0 Å². The monoisotopic (exact) mass is 368 g/mol. The third-order valence-electron chi connectivity index (χ3n) is 4.65. The van der Waals surface area contributed by atoms with E-state index in [-0.39, 0.29) is 11.8 Å². The molecule has 2 aromatic rings. The van der Waals surface area contributed by atoms with Crippen molar-refractivity contribution in [2.24, 2.45) is 0 Å². The average molecular weight is 369 g/mol. The molecule has 0 radical (unpaired) electrons. The van der Waals surface area contributed by atoms with Crippen molar-refractivity contribution >= 4 is 23.4 Å². The highest BCUT2D eigenvalue weighted by Crippen LogP contribution is 2.33. The highest BCUT2D eigenvalue weighted by atomic mass is 35.5. The van der Waals surface area contributed by atoms with Crippen molar-refractivity contribution in [3.05, 3.63) is 80.5 Å². The molecule has 4 nitrogen and oxygen atoms in total. The highest BCUT2D eigenvalue weighted by molar-refractivity contribution is 6.30. The minimum Gasteiger partial charge on any atom is -0.327 e. The van der Waals surface area contributed by atoms with Crippen molar-refractivity contribution < 1.29 is 9.59 Å². The zero-order chi connectivity index (χ0) is 19.0. The molecule has 0 bridgehead atoms. The van der Waals surface area contributed by atoms with Crippen LogP contribution in [-0.4, -0.2) is 11.8 Å². The Hall–Kier alpha value is -2.59. The minimum absolute atomic E-state index is 0.129. The number of rotatable bonds is 3. The number of carbonyl (C=O) groups excluding carboxylic acids is 2. The Bertz CT molecular complexity index is 907. The van der Waals surface area contributed by atoms with E-state index >= 15 is 0 Å². The van der Waals surface area contributed by atoms with Crippen LogP contribution in [0.25, 0.3) is 0 Å². The number of hydrogen-bond acceptors (Lipinski definition) is 2. The summed E-state index contributed by atoms with van der Waals surface area (Å²) in [5, 5.41) is 6.22. The predicted octanol–water partition coefficient (Wildman–Crippen LogP) is 4.78. The minimum atomic E-state index is -0.493. The zero-order valence-corrected chi connectivity index (χ0v) is 16.0. The van der Waals surface area contributed by atoms with Crippen LogP contribution >= 0.6 is 11.6 Å². The largest absolute Gasteiger partial charge is 0.327 e. The van der Waals surface area contributed by atoms with Crippen molar-refractivity contribution in [1.29, 1.82) is 0 Å². The summed E-state index contributed by atoms with van der Waals surface area (Å²) >= 11 is 5.94. The number of Topliss-reactive ketones (excluding diaryl/α,β-unsaturated/α-hetero) is 1. The van der Waals surface area contributed by atoms with Gasteiger partial charge in [-0.25, -0.2) is 4.79 Å². The molecule has 1 atom stereocenters. The SMILES string of the molecule is CC1=C(C(=O)c2ccc(Cl)cc2)[C@H](c2c(C)cc(C)cc2C)NC(=O)N1. The number of aryl methyl sites for hydroxylation is 3. The van der Waals surface area contributed by atoms with E-state index in [0.717, 1.165) is 22.3 Å². The second-order valence-corrected chi connectivity index (χ2v) is 7.15. The van der Waals surface area contributed by atoms with Gasteiger partial charge in [0.2, 0.25) is 0 Å². The maximum Gasteiger partial charge on any atom is 0.319 e. The summed E-state index contributed by atoms with van der Waals surface area (Å²) in [6.45, 7) is 7.80. The Morgan fingerprint density at radius 2 is 1.58 bits per heavy atom. The predicted molar refractivity (Wildman–Crippen MR) is 104 cm³/mol. The topological polar surface area (TPSA) is 58.2 Å². The number of ketones is 1. The molecule has 0 fully saturated rings. The van der Waals surface area contributed by atoms with Gasteiger partial charge in [-0.2, -0.15) is 0 Å². The van der Waals surface area contributed by atoms with E-state index in [1.54, 1.807) is 31.2 Å². The van der Waals surface area contributed by atoms with Gasteiger partial charge in [0, 0.05) is 21.9 Å². The molecule has 0 aliphatic carbocycles. The van der Waals surface area contributed by atoms with Crippen LogP contribution in [0.1, 0.15) is 45.6 Å². The molecule has 2 amide bonds. The maximum atomic E-state index is 13.2. The van der Waals surface area contributed by atoms with Gasteiger partial charge in [0.05, 0.1) is 6.04 Å². The summed E-state index contributed by atoms with van der Waals surface area (Å²) in [6.07, 6.45) is 0. The van der Waals surface area contributed by atoms with Crippen LogP contribution in [0.15, 0.2) is 47.7 Å². The molecule has 1 aliphatic heterocycles. The Morgan fingerprint density at radius 3 is 2.15 bits per heavy atom. The molecule has 0 spiro atoms. The van der Waals surface area contributed by atoms with Gasteiger partial charge in [-0.1, -0.05) is 29.3 Å². The lowest BCUT2D eigenvalue weighted by molar-refractivity contribution is 0.102. The van der Waals surface area contributed by atoms with Gasteiger partial charge in [-0.3, -0.25) is 4.79 Å². The summed E-state index contributed by atoms with van der Waals surface area (Å²) in [5.41, 5.74) is 5.85. The standard InChI is InChI=1S/C21H21ClN2O2/c1-11-9-12(2)17(13(3)10-11)19-18(14(4)23-21(26)24-19)20(25)15-5-7-16(22)8-6-15/h5-10,19H,1-4H3,(H2,23,24,26)/t19-/m0/s1. The molecular weight excluding hydrogens is 348 g/mol. The molecule has 1 aliphatic rings. The van der Waals surface area contributed by atoms with Gasteiger partial charge in [0.25, 0.3) is 0 Å². The number of nitrogens with one attached hydrogen (secondary N) is 2. The Labute approximate surface area is 158 Å². The van der Waals surface area contributed by atoms with Crippen LogP contribution in [0.5, 0.6) is 0 Å². The van der Waals surface area contributed by atoms with E-state index < -0.39 is 6.04 Å². The zero-order valence-electron chi connectivity index (χ0n) is 15.2. The molecule has 0 saturated carbocycles. The molecule has 0 aromatic heterocycles. The van der Waals surface area contributed by atoms with Gasteiger partial charge in [-0.05, 0) is 68.7 Å². The van der Waals surface area contributed by atoms with E-state index in [1.165, 1.54) is 0 Å². The van der Waals surface area contributed by atoms with Crippen molar-refractivity contribution in [3.63, 3.8) is 0 Å². The van der Waals surface area contributed by atoms with E-state index in [4.69, 9.17) is 11.6 Å². The second-order valence-electron chi connectivity index (χ2n) is 6.72. The number of urea groups is 1. The molecule has 1 heterocycles. The van der Waals surface area contributed by atoms with Crippen LogP contribution in [0.4, 0.5) is 4.79 Å². The second kappa shape index (κ2) is 6.96. The first-order valence-electron chi connectivity index (χ1n) is 8.44. The molecule has 26 heavy (non-hydrogen) atoms. The van der Waals surface area contributed by atoms with Crippen LogP contribution < -0.4 is 10.6 Å². The maximum absolute atomic E-state index is 13.2. The van der Waals surface area contributed by atoms with Gasteiger partial charge >= 0.3 is 6.03 Å². The van der Waals surface area contributed by atoms with Crippen LogP contribution in [0.3, 0.4) is 0 Å². The molecule has 0 saturated heterocycles. The van der Waals surface area contributed by atoms with E-state index in [0.29, 0.717) is 21.9 Å². The Balaban J connectivity index is 2.14. The fourth-order valence-electron chi connectivity index (χ4n) is 3.61. The van der Waals surface area contributed by atoms with E-state index in [9.17, 15) is 9.59 Å². The Morgan fingerprint density at radius 1 is 1.00 bits per heavy atom. The third kappa shape index (κ3) is 3.37. The molecule has 3 rings (SSSR count). The van der Waals surface area contributed by atoms with Crippen LogP contribution in [0.2, 0.25) is 5.02 Å². The smallest absolute Gasteiger partial charge is 0.319 e. The number of allylic oxidation sites excluding steroid dienone is 1. The molecule has 2 N–H and O–H groups in total. The van der Waals surface area contributed by atoms with Gasteiger partial charge < -0.3 is 10.6 Å². The number of amides is 2. The summed E-state index contributed by atoms with van der Waals surface area (Å²) in [6, 6.07) is 10.1. The first-order valence-corrected chi connectivity index (χ1v) is 8.82. The number of halogens is 1. The highest BCUT2D eigenvalue weighted by Gasteiger charge is 2.33. The van der Waals surface area contributed by atoms with Gasteiger partial charge in [0.15, 0.2) is 5.78 Å². The lowest BCUT2D eigenvalue weighted by Crippen LogP contribution is -2.45. The molecule has 134 valence electrons. The first-order chi connectivity index (χ1) is 12.3. The Kier molecular flexibility index (Phi) is 4.88. The lowest BCUT2D eigenvalue weighted by atomic mass is 9.85. The fraction of sp³-hybridized carbons (Fsp3) is 0.238. The fourth-order valence-corrected chi connectivity index (χ4v) is 3.74. The number of benzene rings is 2. The van der Waals surface area contributed by atoms with Crippen molar-refractivity contribution in [1.82, 2.24) is 10.6 Å². The lowest BCUT2D eigenvalue weighted by Gasteiger charge is -2.31. The van der Waals surface area contributed by atoms with Crippen LogP contribution in [-0.2, 0) is 0 Å². The number of carbonyl (C=O) groups is 2. The van der Waals surface area contributed by atoms with Crippen molar-refractivity contribution in [3.8, 4) is 0 Å². The summed E-state index contributed by atoms with van der Waals surface area (Å²) in [7, 11) is 0. The van der Waals surface area contributed by atoms with Crippen molar-refractivity contribution in [2.45, 2.75) is 33.7 Å². The molecule has 0 unspecified atom stereocenters. The van der Waals surface area contributed by atoms with Gasteiger partial charge in [-0.15, -0.1) is 0 Å². The van der Waals surface area contributed by atoms with E-state index in [2.05, 4.69) is 22.8 Å². The van der Waals surface area contributed by atoms with Crippen LogP contribution in [0, 0.1) is 20.8 Å².